The van der Waals surface area contributed by atoms with Crippen molar-refractivity contribution in [2.45, 2.75) is 7.43 Å². The van der Waals surface area contributed by atoms with Crippen LogP contribution in [0.3, 0.4) is 0 Å². The summed E-state index contributed by atoms with van der Waals surface area (Å²) in [5.41, 5.74) is 20.4. The lowest BCUT2D eigenvalue weighted by Crippen LogP contribution is -2.19. The number of rotatable bonds is 9. The van der Waals surface area contributed by atoms with Crippen molar-refractivity contribution in [2.24, 2.45) is 17.2 Å². The number of nitro groups is 2. The van der Waals surface area contributed by atoms with Gasteiger partial charge in [-0.25, -0.2) is 0 Å². The molecule has 0 aliphatic carbocycles. The van der Waals surface area contributed by atoms with E-state index in [9.17, 15) is 34.6 Å². The predicted molar refractivity (Wildman–Crippen MR) is 158 cm³/mol. The van der Waals surface area contributed by atoms with Gasteiger partial charge in [0.25, 0.3) is 23.2 Å². The number of primary amides is 3. The molecule has 16 nitrogen and oxygen atoms in total. The van der Waals surface area contributed by atoms with Gasteiger partial charge >= 0.3 is 0 Å². The second-order valence-corrected chi connectivity index (χ2v) is 7.76. The highest BCUT2D eigenvalue weighted by molar-refractivity contribution is 9.09. The van der Waals surface area contributed by atoms with Crippen molar-refractivity contribution in [3.8, 4) is 17.2 Å². The Hall–Kier alpha value is -5.45. The normalized spacial score (nSPS) is 8.88. The molecular weight excluding hydrogens is 624 g/mol. The van der Waals surface area contributed by atoms with Crippen LogP contribution in [0.25, 0.3) is 0 Å². The van der Waals surface area contributed by atoms with E-state index in [2.05, 4.69) is 21.7 Å². The molecule has 0 fully saturated rings. The highest BCUT2D eigenvalue weighted by Crippen LogP contribution is 2.17. The number of amides is 3. The van der Waals surface area contributed by atoms with Crippen molar-refractivity contribution in [3.05, 3.63) is 93.0 Å². The SMILES string of the molecule is C.NC(=O)CBr.NC(=O)COc1ccc(N)cc1.NC(=O)COc1ccc([N+](=O)[O-])cc1.O=[N+]([O-])c1ccc(O)cc1. The Morgan fingerprint density at radius 2 is 1.00 bits per heavy atom. The monoisotopic (exact) mass is 654 g/mol. The number of nitrogens with two attached hydrogens (primary N) is 4. The molecule has 0 saturated heterocycles. The van der Waals surface area contributed by atoms with E-state index >= 15 is 0 Å². The van der Waals surface area contributed by atoms with Gasteiger partial charge in [-0.05, 0) is 48.5 Å². The van der Waals surface area contributed by atoms with Crippen molar-refractivity contribution in [3.63, 3.8) is 0 Å². The van der Waals surface area contributed by atoms with Gasteiger partial charge in [-0.1, -0.05) is 23.4 Å². The molecule has 3 amide bonds. The molecule has 0 aromatic heterocycles. The van der Waals surface area contributed by atoms with Gasteiger partial charge in [0.05, 0.1) is 15.2 Å². The van der Waals surface area contributed by atoms with Gasteiger partial charge in [0.2, 0.25) is 5.91 Å². The molecule has 9 N–H and O–H groups in total. The number of anilines is 1. The van der Waals surface area contributed by atoms with Gasteiger partial charge in [-0.2, -0.15) is 0 Å². The minimum Gasteiger partial charge on any atom is -0.508 e. The number of non-ortho nitro benzene ring substituents is 2. The highest BCUT2D eigenvalue weighted by Gasteiger charge is 2.05. The first-order valence-corrected chi connectivity index (χ1v) is 12.1. The van der Waals surface area contributed by atoms with E-state index in [1.54, 1.807) is 24.3 Å². The van der Waals surface area contributed by atoms with Crippen LogP contribution >= 0.6 is 15.9 Å². The van der Waals surface area contributed by atoms with Crippen LogP contribution in [0.2, 0.25) is 0 Å². The minimum absolute atomic E-state index is 0. The number of nitrogens with zero attached hydrogens (tertiary/aromatic N) is 2. The second kappa shape index (κ2) is 21.4. The number of nitro benzene ring substituents is 2. The van der Waals surface area contributed by atoms with Crippen LogP contribution in [0.4, 0.5) is 17.1 Å². The number of carbonyl (C=O) groups is 3. The fraction of sp³-hybridized carbons (Fsp3) is 0.160. The Kier molecular flexibility index (Phi) is 19.7. The summed E-state index contributed by atoms with van der Waals surface area (Å²) in [7, 11) is 0. The quantitative estimate of drug-likeness (QED) is 0.0965. The van der Waals surface area contributed by atoms with Crippen molar-refractivity contribution < 1.29 is 38.8 Å². The van der Waals surface area contributed by atoms with Gasteiger partial charge in [-0.15, -0.1) is 0 Å². The third-order valence-electron chi connectivity index (χ3n) is 3.88. The largest absolute Gasteiger partial charge is 0.508 e. The summed E-state index contributed by atoms with van der Waals surface area (Å²) in [5.74, 6) is -0.428. The number of benzene rings is 3. The zero-order valence-corrected chi connectivity index (χ0v) is 22.8. The van der Waals surface area contributed by atoms with E-state index in [4.69, 9.17) is 31.8 Å². The summed E-state index contributed by atoms with van der Waals surface area (Å²) in [4.78, 5) is 49.5. The number of nitrogen functional groups attached to an aromatic ring is 1. The third kappa shape index (κ3) is 19.6. The topological polar surface area (TPSA) is 280 Å². The minimum atomic E-state index is -0.594. The third-order valence-corrected chi connectivity index (χ3v) is 4.43. The predicted octanol–water partition coefficient (Wildman–Crippen LogP) is 2.39. The molecule has 17 heteroatoms. The molecular formula is C25H31BrN6O10. The summed E-state index contributed by atoms with van der Waals surface area (Å²) in [6.45, 7) is -0.346. The lowest BCUT2D eigenvalue weighted by Gasteiger charge is -2.02. The van der Waals surface area contributed by atoms with Gasteiger partial charge < -0.3 is 37.5 Å². The first-order valence-electron chi connectivity index (χ1n) is 10.9. The summed E-state index contributed by atoms with van der Waals surface area (Å²) in [6, 6.07) is 17.2. The highest BCUT2D eigenvalue weighted by atomic mass is 79.9. The van der Waals surface area contributed by atoms with E-state index in [1.165, 1.54) is 48.5 Å². The van der Waals surface area contributed by atoms with Crippen LogP contribution in [0.5, 0.6) is 17.2 Å². The first-order chi connectivity index (χ1) is 19.2. The van der Waals surface area contributed by atoms with E-state index in [-0.39, 0.29) is 49.0 Å². The Bertz CT molecular complexity index is 1270. The zero-order chi connectivity index (χ0) is 31.4. The van der Waals surface area contributed by atoms with E-state index in [1.807, 2.05) is 0 Å². The van der Waals surface area contributed by atoms with Crippen molar-refractivity contribution >= 4 is 50.7 Å². The van der Waals surface area contributed by atoms with Crippen molar-refractivity contribution in [1.82, 2.24) is 0 Å². The molecule has 0 unspecified atom stereocenters. The van der Waals surface area contributed by atoms with E-state index < -0.39 is 21.7 Å². The number of halogens is 1. The summed E-state index contributed by atoms with van der Waals surface area (Å²) < 4.78 is 9.90. The standard InChI is InChI=1S/C8H8N2O4.C8H10N2O2.C6H5NO3.C2H4BrNO.CH4/c9-8(11)5-14-7-3-1-6(2-4-7)10(12)13;9-6-1-3-7(4-2-6)12-5-8(10)11;8-6-3-1-5(2-4-6)7(9)10;3-1-2(4)5;/h1-4H,5H2,(H2,9,11);1-4H,5,9H2,(H2,10,11);1-4,8H;1H2,(H2,4,5);1H4. The molecule has 0 atom stereocenters. The molecule has 0 heterocycles. The number of phenolic OH excluding ortho intramolecular Hbond substituents is 1. The Balaban J connectivity index is 0. The summed E-state index contributed by atoms with van der Waals surface area (Å²) >= 11 is 2.84. The van der Waals surface area contributed by atoms with Crippen LogP contribution in [0, 0.1) is 20.2 Å². The van der Waals surface area contributed by atoms with E-state index in [0.717, 1.165) is 0 Å². The maximum absolute atomic E-state index is 10.3. The number of phenols is 1. The molecule has 3 aromatic carbocycles. The van der Waals surface area contributed by atoms with Crippen molar-refractivity contribution in [1.29, 1.82) is 0 Å². The Morgan fingerprint density at radius 1 is 0.690 bits per heavy atom. The molecule has 0 bridgehead atoms. The molecule has 0 radical (unpaired) electrons. The van der Waals surface area contributed by atoms with Gasteiger partial charge in [0.1, 0.15) is 17.2 Å². The molecule has 0 aliphatic rings. The molecule has 3 aromatic rings. The number of alkyl halides is 1. The zero-order valence-electron chi connectivity index (χ0n) is 21.3. The van der Waals surface area contributed by atoms with Crippen LogP contribution in [0.15, 0.2) is 72.8 Å². The molecule has 0 spiro atoms. The van der Waals surface area contributed by atoms with Gasteiger partial charge in [0.15, 0.2) is 13.2 Å². The average Bonchev–Trinajstić information content (AvgIpc) is 2.93. The Labute approximate surface area is 248 Å². The molecule has 3 rings (SSSR count). The van der Waals surface area contributed by atoms with Crippen LogP contribution in [-0.4, -0.2) is 51.2 Å². The van der Waals surface area contributed by atoms with Crippen LogP contribution < -0.4 is 32.4 Å². The van der Waals surface area contributed by atoms with Crippen molar-refractivity contribution in [2.75, 3.05) is 24.3 Å². The fourth-order valence-electron chi connectivity index (χ4n) is 2.11. The van der Waals surface area contributed by atoms with Gasteiger partial charge in [0, 0.05) is 30.0 Å². The molecule has 42 heavy (non-hydrogen) atoms. The number of carbonyl (C=O) groups excluding carboxylic acids is 3. The maximum Gasteiger partial charge on any atom is 0.269 e. The van der Waals surface area contributed by atoms with Gasteiger partial charge in [-0.3, -0.25) is 34.6 Å². The molecule has 0 aliphatic heterocycles. The smallest absolute Gasteiger partial charge is 0.269 e. The van der Waals surface area contributed by atoms with Crippen LogP contribution in [-0.2, 0) is 14.4 Å². The van der Waals surface area contributed by atoms with E-state index in [0.29, 0.717) is 17.2 Å². The lowest BCUT2D eigenvalue weighted by atomic mass is 10.3. The second-order valence-electron chi connectivity index (χ2n) is 7.20. The molecule has 0 saturated carbocycles. The average molecular weight is 655 g/mol. The Morgan fingerprint density at radius 3 is 1.29 bits per heavy atom. The maximum atomic E-state index is 10.3. The lowest BCUT2D eigenvalue weighted by molar-refractivity contribution is -0.385. The number of hydrogen-bond acceptors (Lipinski definition) is 11. The number of ether oxygens (including phenoxy) is 2. The number of hydrogen-bond donors (Lipinski definition) is 5. The van der Waals surface area contributed by atoms with Crippen LogP contribution in [0.1, 0.15) is 7.43 Å². The summed E-state index contributed by atoms with van der Waals surface area (Å²) in [6.07, 6.45) is 0. The fourth-order valence-corrected chi connectivity index (χ4v) is 2.11. The first kappa shape index (κ1) is 38.7. The molecule has 228 valence electrons. The summed E-state index contributed by atoms with van der Waals surface area (Å²) in [5, 5.41) is 29.3. The number of aromatic hydroxyl groups is 1.